The summed E-state index contributed by atoms with van der Waals surface area (Å²) in [5, 5.41) is 12.0. The Kier molecular flexibility index (Phi) is 11.3. The minimum absolute atomic E-state index is 0.0598. The summed E-state index contributed by atoms with van der Waals surface area (Å²) >= 11 is 0. The number of aliphatic carboxylic acids is 1. The number of rotatable bonds is 10. The molecule has 0 saturated carbocycles. The van der Waals surface area contributed by atoms with Crippen molar-refractivity contribution in [1.29, 1.82) is 0 Å². The number of carbonyl (C=O) groups excluding carboxylic acids is 3. The zero-order chi connectivity index (χ0) is 25.9. The van der Waals surface area contributed by atoms with Crippen LogP contribution in [0.25, 0.3) is 10.8 Å². The van der Waals surface area contributed by atoms with Crippen LogP contribution in [0.5, 0.6) is 0 Å². The number of Topliss-reactive ketones (excluding diaryl/α,β-unsaturated/α-hetero) is 2. The number of benzene rings is 2. The number of halogens is 3. The van der Waals surface area contributed by atoms with Crippen molar-refractivity contribution in [2.45, 2.75) is 44.4 Å². The molecule has 0 saturated heterocycles. The number of ketones is 2. The van der Waals surface area contributed by atoms with Gasteiger partial charge in [0.05, 0.1) is 12.6 Å². The molecular weight excluding hydrogens is 457 g/mol. The third kappa shape index (κ3) is 9.67. The first-order chi connectivity index (χ1) is 15.9. The van der Waals surface area contributed by atoms with Crippen molar-refractivity contribution in [3.05, 3.63) is 48.0 Å². The number of carboxylic acids is 1. The number of carbonyl (C=O) groups is 4. The number of carboxylic acid groups (broad SMARTS) is 1. The molecule has 0 unspecified atom stereocenters. The van der Waals surface area contributed by atoms with Crippen molar-refractivity contribution in [2.75, 3.05) is 13.7 Å². The van der Waals surface area contributed by atoms with Crippen molar-refractivity contribution >= 4 is 34.2 Å². The van der Waals surface area contributed by atoms with Gasteiger partial charge in [-0.3, -0.25) is 14.4 Å². The van der Waals surface area contributed by atoms with Crippen LogP contribution in [0.1, 0.15) is 25.3 Å². The normalized spacial score (nSPS) is 12.8. The summed E-state index contributed by atoms with van der Waals surface area (Å²) in [6.07, 6.45) is -4.31. The van der Waals surface area contributed by atoms with Gasteiger partial charge in [-0.1, -0.05) is 42.5 Å². The van der Waals surface area contributed by atoms with Crippen molar-refractivity contribution in [2.24, 2.45) is 5.73 Å². The van der Waals surface area contributed by atoms with Gasteiger partial charge in [0, 0.05) is 20.0 Å². The second-order valence-corrected chi connectivity index (χ2v) is 7.44. The Morgan fingerprint density at radius 3 is 2.24 bits per heavy atom. The molecule has 4 N–H and O–H groups in total. The number of amides is 1. The fourth-order valence-electron chi connectivity index (χ4n) is 3.01. The molecule has 0 spiro atoms. The molecule has 2 aromatic rings. The van der Waals surface area contributed by atoms with Crippen LogP contribution >= 0.6 is 0 Å². The Hall–Kier alpha value is -3.31. The number of nitrogens with one attached hydrogen (secondary N) is 1. The van der Waals surface area contributed by atoms with Crippen LogP contribution in [-0.4, -0.2) is 60.5 Å². The van der Waals surface area contributed by atoms with Crippen molar-refractivity contribution in [3.63, 3.8) is 0 Å². The maximum Gasteiger partial charge on any atom is 0.490 e. The summed E-state index contributed by atoms with van der Waals surface area (Å²) in [5.74, 6) is -3.59. The SMILES string of the molecule is COC[C@H](NC(=O)[C@@H](N)CC(C)=O)C(=O)CCc1cccc2ccccc12.O=C(O)C(F)(F)F. The Balaban J connectivity index is 0.000000718. The molecule has 8 nitrogen and oxygen atoms in total. The lowest BCUT2D eigenvalue weighted by molar-refractivity contribution is -0.192. The van der Waals surface area contributed by atoms with Crippen LogP contribution in [0.3, 0.4) is 0 Å². The van der Waals surface area contributed by atoms with Crippen molar-refractivity contribution in [3.8, 4) is 0 Å². The van der Waals surface area contributed by atoms with Gasteiger partial charge in [0.15, 0.2) is 5.78 Å². The molecule has 0 aliphatic carbocycles. The zero-order valence-electron chi connectivity index (χ0n) is 18.7. The molecule has 186 valence electrons. The lowest BCUT2D eigenvalue weighted by atomic mass is 9.98. The molecule has 2 aromatic carbocycles. The maximum atomic E-state index is 12.6. The van der Waals surface area contributed by atoms with Gasteiger partial charge in [-0.2, -0.15) is 13.2 Å². The number of nitrogens with two attached hydrogens (primary N) is 1. The fraction of sp³-hybridized carbons (Fsp3) is 0.391. The van der Waals surface area contributed by atoms with E-state index in [1.54, 1.807) is 0 Å². The van der Waals surface area contributed by atoms with Crippen molar-refractivity contribution in [1.82, 2.24) is 5.32 Å². The van der Waals surface area contributed by atoms with Gasteiger partial charge >= 0.3 is 12.1 Å². The monoisotopic (exact) mass is 484 g/mol. The van der Waals surface area contributed by atoms with Crippen molar-refractivity contribution < 1.29 is 42.2 Å². The first-order valence-electron chi connectivity index (χ1n) is 10.2. The predicted octanol–water partition coefficient (Wildman–Crippen LogP) is 2.41. The van der Waals surface area contributed by atoms with E-state index in [9.17, 15) is 27.6 Å². The van der Waals surface area contributed by atoms with Gasteiger partial charge in [0.2, 0.25) is 5.91 Å². The molecule has 11 heteroatoms. The molecule has 0 fully saturated rings. The molecule has 0 radical (unpaired) electrons. The van der Waals surface area contributed by atoms with E-state index in [4.69, 9.17) is 20.4 Å². The quantitative estimate of drug-likeness (QED) is 0.471. The second kappa shape index (κ2) is 13.4. The second-order valence-electron chi connectivity index (χ2n) is 7.44. The standard InChI is InChI=1S/C21H26N2O4.C2HF3O2/c1-14(24)12-18(22)21(26)23-19(13-27-2)20(25)11-10-16-8-5-7-15-6-3-4-9-17(15)16;3-2(4,5)1(6)7/h3-9,18-19H,10-13,22H2,1-2H3,(H,23,26);(H,6,7)/t18-,19-;/m0./s1. The first-order valence-corrected chi connectivity index (χ1v) is 10.2. The Labute approximate surface area is 194 Å². The highest BCUT2D eigenvalue weighted by atomic mass is 19.4. The molecule has 1 amide bonds. The minimum atomic E-state index is -5.08. The highest BCUT2D eigenvalue weighted by Crippen LogP contribution is 2.20. The highest BCUT2D eigenvalue weighted by molar-refractivity contribution is 5.93. The average Bonchev–Trinajstić information content (AvgIpc) is 2.76. The van der Waals surface area contributed by atoms with E-state index in [2.05, 4.69) is 5.32 Å². The van der Waals surface area contributed by atoms with Crippen LogP contribution < -0.4 is 11.1 Å². The van der Waals surface area contributed by atoms with Crippen LogP contribution in [0, 0.1) is 0 Å². The molecule has 0 bridgehead atoms. The van der Waals surface area contributed by atoms with E-state index in [-0.39, 0.29) is 31.0 Å². The maximum absolute atomic E-state index is 12.6. The Morgan fingerprint density at radius 1 is 1.09 bits per heavy atom. The fourth-order valence-corrected chi connectivity index (χ4v) is 3.01. The van der Waals surface area contributed by atoms with Gasteiger partial charge in [-0.15, -0.1) is 0 Å². The molecule has 34 heavy (non-hydrogen) atoms. The van der Waals surface area contributed by atoms with Gasteiger partial charge in [0.25, 0.3) is 0 Å². The molecule has 0 aliphatic rings. The van der Waals surface area contributed by atoms with E-state index < -0.39 is 30.1 Å². The number of methoxy groups -OCH3 is 1. The van der Waals surface area contributed by atoms with E-state index in [0.29, 0.717) is 6.42 Å². The third-order valence-electron chi connectivity index (χ3n) is 4.65. The third-order valence-corrected chi connectivity index (χ3v) is 4.65. The largest absolute Gasteiger partial charge is 0.490 e. The van der Waals surface area contributed by atoms with Gasteiger partial charge < -0.3 is 20.9 Å². The summed E-state index contributed by atoms with van der Waals surface area (Å²) in [4.78, 5) is 44.8. The summed E-state index contributed by atoms with van der Waals surface area (Å²) in [6, 6.07) is 12.3. The molecule has 0 heterocycles. The summed E-state index contributed by atoms with van der Waals surface area (Å²) < 4.78 is 36.8. The van der Waals surface area contributed by atoms with Gasteiger partial charge in [-0.25, -0.2) is 4.79 Å². The zero-order valence-corrected chi connectivity index (χ0v) is 18.7. The lowest BCUT2D eigenvalue weighted by Crippen LogP contribution is -2.50. The number of ether oxygens (including phenoxy) is 1. The topological polar surface area (TPSA) is 136 Å². The Bertz CT molecular complexity index is 1000. The average molecular weight is 484 g/mol. The predicted molar refractivity (Wildman–Crippen MR) is 118 cm³/mol. The van der Waals surface area contributed by atoms with E-state index in [1.807, 2.05) is 42.5 Å². The highest BCUT2D eigenvalue weighted by Gasteiger charge is 2.38. The number of fused-ring (bicyclic) bond motifs is 1. The summed E-state index contributed by atoms with van der Waals surface area (Å²) in [5.41, 5.74) is 6.79. The number of aryl methyl sites for hydroxylation is 1. The lowest BCUT2D eigenvalue weighted by Gasteiger charge is -2.19. The minimum Gasteiger partial charge on any atom is -0.475 e. The summed E-state index contributed by atoms with van der Waals surface area (Å²) in [7, 11) is 1.46. The molecule has 2 atom stereocenters. The molecular formula is C23H27F3N2O6. The van der Waals surface area contributed by atoms with Crippen LogP contribution in [0.4, 0.5) is 13.2 Å². The summed E-state index contributed by atoms with van der Waals surface area (Å²) in [6.45, 7) is 1.43. The number of alkyl halides is 3. The number of hydrogen-bond donors (Lipinski definition) is 3. The first kappa shape index (κ1) is 28.7. The van der Waals surface area contributed by atoms with Crippen LogP contribution in [0.2, 0.25) is 0 Å². The van der Waals surface area contributed by atoms with E-state index in [0.717, 1.165) is 16.3 Å². The smallest absolute Gasteiger partial charge is 0.475 e. The molecule has 0 aromatic heterocycles. The molecule has 0 aliphatic heterocycles. The van der Waals surface area contributed by atoms with E-state index in [1.165, 1.54) is 14.0 Å². The van der Waals surface area contributed by atoms with Crippen LogP contribution in [0.15, 0.2) is 42.5 Å². The van der Waals surface area contributed by atoms with Gasteiger partial charge in [-0.05, 0) is 29.7 Å². The van der Waals surface area contributed by atoms with Crippen LogP contribution in [-0.2, 0) is 30.3 Å². The van der Waals surface area contributed by atoms with E-state index >= 15 is 0 Å². The molecule has 2 rings (SSSR count). The Morgan fingerprint density at radius 2 is 1.68 bits per heavy atom. The van der Waals surface area contributed by atoms with Gasteiger partial charge in [0.1, 0.15) is 11.8 Å². The number of hydrogen-bond acceptors (Lipinski definition) is 6.